The van der Waals surface area contributed by atoms with Crippen molar-refractivity contribution in [2.45, 2.75) is 18.7 Å². The maximum atomic E-state index is 11.4. The molecule has 1 aromatic carbocycles. The Morgan fingerprint density at radius 3 is 2.20 bits per heavy atom. The van der Waals surface area contributed by atoms with Crippen LogP contribution in [0.25, 0.3) is 0 Å². The molecule has 0 aromatic heterocycles. The SMILES string of the molecule is C[CH]S(=O)(=O)c1ccc(NC(C)=O)cc1. The van der Waals surface area contributed by atoms with Crippen LogP contribution in [0.5, 0.6) is 0 Å². The van der Waals surface area contributed by atoms with Crippen molar-refractivity contribution in [3.05, 3.63) is 30.0 Å². The van der Waals surface area contributed by atoms with Gasteiger partial charge in [-0.3, -0.25) is 4.79 Å². The van der Waals surface area contributed by atoms with Gasteiger partial charge in [0, 0.05) is 12.6 Å². The Hall–Kier alpha value is -1.36. The Labute approximate surface area is 89.2 Å². The van der Waals surface area contributed by atoms with Crippen molar-refractivity contribution in [2.24, 2.45) is 0 Å². The first-order valence-electron chi connectivity index (χ1n) is 4.38. The minimum atomic E-state index is -3.28. The molecule has 0 spiro atoms. The summed E-state index contributed by atoms with van der Waals surface area (Å²) in [6.45, 7) is 2.86. The van der Waals surface area contributed by atoms with E-state index in [1.165, 1.54) is 26.0 Å². The fraction of sp³-hybridized carbons (Fsp3) is 0.200. The van der Waals surface area contributed by atoms with Crippen LogP contribution in [0.2, 0.25) is 0 Å². The van der Waals surface area contributed by atoms with Gasteiger partial charge in [-0.05, 0) is 31.2 Å². The van der Waals surface area contributed by atoms with Crippen molar-refractivity contribution in [3.8, 4) is 0 Å². The molecule has 0 atom stereocenters. The number of sulfone groups is 1. The summed E-state index contributed by atoms with van der Waals surface area (Å²) >= 11 is 0. The van der Waals surface area contributed by atoms with Gasteiger partial charge in [-0.1, -0.05) is 0 Å². The van der Waals surface area contributed by atoms with Crippen molar-refractivity contribution < 1.29 is 13.2 Å². The molecular formula is C10H12NO3S. The highest BCUT2D eigenvalue weighted by atomic mass is 32.2. The van der Waals surface area contributed by atoms with Crippen molar-refractivity contribution in [1.29, 1.82) is 0 Å². The Balaban J connectivity index is 2.95. The van der Waals surface area contributed by atoms with Gasteiger partial charge in [-0.25, -0.2) is 8.42 Å². The fourth-order valence-corrected chi connectivity index (χ4v) is 1.85. The summed E-state index contributed by atoms with van der Waals surface area (Å²) < 4.78 is 22.8. The van der Waals surface area contributed by atoms with E-state index in [2.05, 4.69) is 5.32 Å². The van der Waals surface area contributed by atoms with Crippen LogP contribution in [0.1, 0.15) is 13.8 Å². The number of hydrogen-bond donors (Lipinski definition) is 1. The van der Waals surface area contributed by atoms with Gasteiger partial charge < -0.3 is 5.32 Å². The van der Waals surface area contributed by atoms with Crippen LogP contribution in [0.4, 0.5) is 5.69 Å². The number of carbonyl (C=O) groups excluding carboxylic acids is 1. The molecule has 1 amide bonds. The molecule has 1 aromatic rings. The van der Waals surface area contributed by atoms with E-state index in [9.17, 15) is 13.2 Å². The summed E-state index contributed by atoms with van der Waals surface area (Å²) in [6.07, 6.45) is 0. The van der Waals surface area contributed by atoms with Crippen molar-refractivity contribution in [3.63, 3.8) is 0 Å². The average Bonchev–Trinajstić information content (AvgIpc) is 2.18. The molecule has 0 bridgehead atoms. The quantitative estimate of drug-likeness (QED) is 0.851. The second-order valence-corrected chi connectivity index (χ2v) is 5.02. The first-order valence-corrected chi connectivity index (χ1v) is 5.92. The second-order valence-electron chi connectivity index (χ2n) is 2.99. The van der Waals surface area contributed by atoms with E-state index < -0.39 is 9.84 Å². The number of nitrogens with one attached hydrogen (secondary N) is 1. The van der Waals surface area contributed by atoms with E-state index in [-0.39, 0.29) is 10.8 Å². The van der Waals surface area contributed by atoms with Crippen molar-refractivity contribution in [1.82, 2.24) is 0 Å². The smallest absolute Gasteiger partial charge is 0.221 e. The van der Waals surface area contributed by atoms with Gasteiger partial charge in [0.05, 0.1) is 10.6 Å². The molecule has 15 heavy (non-hydrogen) atoms. The second kappa shape index (κ2) is 4.44. The minimum Gasteiger partial charge on any atom is -0.326 e. The van der Waals surface area contributed by atoms with E-state index in [1.54, 1.807) is 12.1 Å². The third-order valence-corrected chi connectivity index (χ3v) is 3.36. The van der Waals surface area contributed by atoms with Gasteiger partial charge >= 0.3 is 0 Å². The zero-order chi connectivity index (χ0) is 11.5. The Kier molecular flexibility index (Phi) is 3.47. The van der Waals surface area contributed by atoms with Crippen LogP contribution < -0.4 is 5.32 Å². The Morgan fingerprint density at radius 1 is 1.27 bits per heavy atom. The van der Waals surface area contributed by atoms with Crippen LogP contribution in [0.3, 0.4) is 0 Å². The molecule has 0 saturated carbocycles. The van der Waals surface area contributed by atoms with E-state index in [1.807, 2.05) is 0 Å². The van der Waals surface area contributed by atoms with Crippen LogP contribution in [-0.4, -0.2) is 14.3 Å². The first kappa shape index (κ1) is 11.7. The molecule has 0 fully saturated rings. The summed E-state index contributed by atoms with van der Waals surface area (Å²) in [5.74, 6) is 0.952. The van der Waals surface area contributed by atoms with E-state index in [0.717, 1.165) is 5.75 Å². The van der Waals surface area contributed by atoms with Gasteiger partial charge in [-0.15, -0.1) is 0 Å². The molecule has 1 N–H and O–H groups in total. The van der Waals surface area contributed by atoms with Crippen LogP contribution in [-0.2, 0) is 14.6 Å². The lowest BCUT2D eigenvalue weighted by Crippen LogP contribution is -2.06. The highest BCUT2D eigenvalue weighted by Gasteiger charge is 2.11. The van der Waals surface area contributed by atoms with Crippen LogP contribution >= 0.6 is 0 Å². The molecule has 1 rings (SSSR count). The highest BCUT2D eigenvalue weighted by Crippen LogP contribution is 2.16. The fourth-order valence-electron chi connectivity index (χ4n) is 1.07. The number of benzene rings is 1. The standard InChI is InChI=1S/C10H12NO3S/c1-3-15(13,14)10-6-4-9(5-7-10)11-8(2)12/h3-7H,1-2H3,(H,11,12). The van der Waals surface area contributed by atoms with Gasteiger partial charge in [0.1, 0.15) is 0 Å². The zero-order valence-electron chi connectivity index (χ0n) is 8.52. The Morgan fingerprint density at radius 2 is 1.80 bits per heavy atom. The first-order chi connectivity index (χ1) is 6.95. The lowest BCUT2D eigenvalue weighted by atomic mass is 10.3. The highest BCUT2D eigenvalue weighted by molar-refractivity contribution is 7.93. The largest absolute Gasteiger partial charge is 0.326 e. The zero-order valence-corrected chi connectivity index (χ0v) is 9.34. The lowest BCUT2D eigenvalue weighted by molar-refractivity contribution is -0.114. The predicted molar refractivity (Wildman–Crippen MR) is 57.9 cm³/mol. The van der Waals surface area contributed by atoms with E-state index in [4.69, 9.17) is 0 Å². The summed E-state index contributed by atoms with van der Waals surface area (Å²) in [4.78, 5) is 10.9. The van der Waals surface area contributed by atoms with Gasteiger partial charge in [-0.2, -0.15) is 0 Å². The maximum absolute atomic E-state index is 11.4. The van der Waals surface area contributed by atoms with Gasteiger partial charge in [0.25, 0.3) is 0 Å². The maximum Gasteiger partial charge on any atom is 0.221 e. The molecule has 0 saturated heterocycles. The third-order valence-electron chi connectivity index (χ3n) is 1.81. The number of carbonyl (C=O) groups is 1. The molecule has 0 unspecified atom stereocenters. The normalized spacial score (nSPS) is 11.1. The number of anilines is 1. The molecule has 0 aliphatic carbocycles. The van der Waals surface area contributed by atoms with Gasteiger partial charge in [0.2, 0.25) is 5.91 Å². The molecular weight excluding hydrogens is 214 g/mol. The summed E-state index contributed by atoms with van der Waals surface area (Å²) in [5, 5.41) is 2.56. The molecule has 1 radical (unpaired) electrons. The topological polar surface area (TPSA) is 63.2 Å². The van der Waals surface area contributed by atoms with Crippen LogP contribution in [0.15, 0.2) is 29.2 Å². The van der Waals surface area contributed by atoms with Crippen molar-refractivity contribution in [2.75, 3.05) is 5.32 Å². The number of amides is 1. The average molecular weight is 226 g/mol. The van der Waals surface area contributed by atoms with Crippen molar-refractivity contribution >= 4 is 21.4 Å². The lowest BCUT2D eigenvalue weighted by Gasteiger charge is -2.03. The molecule has 4 nitrogen and oxygen atoms in total. The third kappa shape index (κ3) is 3.06. The van der Waals surface area contributed by atoms with E-state index in [0.29, 0.717) is 5.69 Å². The minimum absolute atomic E-state index is 0.187. The number of rotatable bonds is 3. The molecule has 0 aliphatic rings. The van der Waals surface area contributed by atoms with E-state index >= 15 is 0 Å². The van der Waals surface area contributed by atoms with Gasteiger partial charge in [0.15, 0.2) is 9.84 Å². The molecule has 0 aliphatic heterocycles. The molecule has 5 heteroatoms. The number of hydrogen-bond acceptors (Lipinski definition) is 3. The molecule has 0 heterocycles. The predicted octanol–water partition coefficient (Wildman–Crippen LogP) is 1.60. The summed E-state index contributed by atoms with van der Waals surface area (Å²) in [7, 11) is -3.28. The summed E-state index contributed by atoms with van der Waals surface area (Å²) in [6, 6.07) is 6.02. The molecule has 81 valence electrons. The monoisotopic (exact) mass is 226 g/mol. The Bertz CT molecular complexity index is 448. The summed E-state index contributed by atoms with van der Waals surface area (Å²) in [5.41, 5.74) is 0.581. The van der Waals surface area contributed by atoms with Crippen LogP contribution in [0, 0.1) is 5.75 Å².